The van der Waals surface area contributed by atoms with Crippen molar-refractivity contribution in [1.82, 2.24) is 10.2 Å². The van der Waals surface area contributed by atoms with Crippen LogP contribution in [0.2, 0.25) is 5.02 Å². The Bertz CT molecular complexity index is 671. The molecule has 2 aromatic rings. The molecule has 2 rings (SSSR count). The molecule has 0 saturated carbocycles. The minimum absolute atomic E-state index is 0.263. The van der Waals surface area contributed by atoms with E-state index in [-0.39, 0.29) is 11.6 Å². The Kier molecular flexibility index (Phi) is 5.93. The molecule has 6 heteroatoms. The number of nitrogens with one attached hydrogen (secondary N) is 2. The summed E-state index contributed by atoms with van der Waals surface area (Å²) in [5.74, 6) is 0.985. The van der Waals surface area contributed by atoms with Gasteiger partial charge in [-0.05, 0) is 49.1 Å². The molecule has 0 aliphatic rings. The quantitative estimate of drug-likeness (QED) is 0.834. The lowest BCUT2D eigenvalue weighted by molar-refractivity contribution is 0.102. The first-order valence-corrected chi connectivity index (χ1v) is 7.99. The van der Waals surface area contributed by atoms with Gasteiger partial charge in [0.15, 0.2) is 5.69 Å². The van der Waals surface area contributed by atoms with Gasteiger partial charge in [-0.25, -0.2) is 0 Å². The summed E-state index contributed by atoms with van der Waals surface area (Å²) < 4.78 is 0. The number of nitrogens with zero attached hydrogens (tertiary/aromatic N) is 2. The Morgan fingerprint density at radius 3 is 2.65 bits per heavy atom. The number of amides is 1. The number of halogens is 1. The molecular formula is C17H21ClN4O. The number of carbonyl (C=O) groups excluding carboxylic acids is 1. The van der Waals surface area contributed by atoms with E-state index >= 15 is 0 Å². The fourth-order valence-electron chi connectivity index (χ4n) is 1.97. The number of carbonyl (C=O) groups is 1. The second kappa shape index (κ2) is 7.92. The minimum atomic E-state index is -0.309. The van der Waals surface area contributed by atoms with Crippen LogP contribution in [0.3, 0.4) is 0 Å². The van der Waals surface area contributed by atoms with Crippen molar-refractivity contribution >= 4 is 29.0 Å². The molecule has 0 aliphatic heterocycles. The average molecular weight is 333 g/mol. The Morgan fingerprint density at radius 2 is 2.00 bits per heavy atom. The van der Waals surface area contributed by atoms with E-state index in [9.17, 15) is 4.79 Å². The monoisotopic (exact) mass is 332 g/mol. The Balaban J connectivity index is 1.98. The summed E-state index contributed by atoms with van der Waals surface area (Å²) in [5.41, 5.74) is 1.75. The summed E-state index contributed by atoms with van der Waals surface area (Å²) in [7, 11) is 0. The first-order valence-electron chi connectivity index (χ1n) is 7.61. The zero-order valence-electron chi connectivity index (χ0n) is 13.6. The molecule has 1 heterocycles. The molecule has 2 N–H and O–H groups in total. The van der Waals surface area contributed by atoms with Crippen LogP contribution in [0, 0.1) is 12.8 Å². The average Bonchev–Trinajstić information content (AvgIpc) is 2.52. The van der Waals surface area contributed by atoms with Crippen LogP contribution in [0.4, 0.5) is 11.5 Å². The van der Waals surface area contributed by atoms with Crippen LogP contribution in [-0.4, -0.2) is 22.6 Å². The summed E-state index contributed by atoms with van der Waals surface area (Å²) >= 11 is 6.05. The highest BCUT2D eigenvalue weighted by Crippen LogP contribution is 2.23. The molecule has 0 saturated heterocycles. The number of anilines is 2. The van der Waals surface area contributed by atoms with Gasteiger partial charge in [0.2, 0.25) is 0 Å². The Labute approximate surface area is 141 Å². The summed E-state index contributed by atoms with van der Waals surface area (Å²) in [4.78, 5) is 12.2. The summed E-state index contributed by atoms with van der Waals surface area (Å²) in [5, 5.41) is 14.6. The molecular weight excluding hydrogens is 312 g/mol. The summed E-state index contributed by atoms with van der Waals surface area (Å²) in [6, 6.07) is 8.78. The lowest BCUT2D eigenvalue weighted by Crippen LogP contribution is -2.16. The molecule has 5 nitrogen and oxygen atoms in total. The number of hydrogen-bond donors (Lipinski definition) is 2. The highest BCUT2D eigenvalue weighted by molar-refractivity contribution is 6.31. The third-order valence-corrected chi connectivity index (χ3v) is 3.85. The molecule has 0 spiro atoms. The van der Waals surface area contributed by atoms with Gasteiger partial charge in [-0.2, -0.15) is 0 Å². The summed E-state index contributed by atoms with van der Waals surface area (Å²) in [6.07, 6.45) is 1.05. The molecule has 23 heavy (non-hydrogen) atoms. The van der Waals surface area contributed by atoms with Gasteiger partial charge < -0.3 is 10.6 Å². The first kappa shape index (κ1) is 17.2. The molecule has 0 bridgehead atoms. The number of aromatic nitrogens is 2. The van der Waals surface area contributed by atoms with E-state index in [4.69, 9.17) is 11.6 Å². The maximum absolute atomic E-state index is 12.2. The van der Waals surface area contributed by atoms with Gasteiger partial charge in [0.05, 0.1) is 0 Å². The van der Waals surface area contributed by atoms with Crippen LogP contribution < -0.4 is 10.6 Å². The van der Waals surface area contributed by atoms with Gasteiger partial charge in [-0.3, -0.25) is 4.79 Å². The molecule has 1 aromatic carbocycles. The van der Waals surface area contributed by atoms with Crippen LogP contribution in [0.15, 0.2) is 30.3 Å². The van der Waals surface area contributed by atoms with Gasteiger partial charge in [0.25, 0.3) is 5.91 Å². The number of benzene rings is 1. The van der Waals surface area contributed by atoms with Crippen molar-refractivity contribution in [1.29, 1.82) is 0 Å². The lowest BCUT2D eigenvalue weighted by Gasteiger charge is -2.09. The van der Waals surface area contributed by atoms with Gasteiger partial charge >= 0.3 is 0 Å². The fourth-order valence-corrected chi connectivity index (χ4v) is 2.14. The maximum Gasteiger partial charge on any atom is 0.276 e. The molecule has 1 aromatic heterocycles. The zero-order chi connectivity index (χ0) is 16.8. The van der Waals surface area contributed by atoms with E-state index in [1.54, 1.807) is 30.3 Å². The number of hydrogen-bond acceptors (Lipinski definition) is 4. The van der Waals surface area contributed by atoms with Crippen LogP contribution in [-0.2, 0) is 0 Å². The first-order chi connectivity index (χ1) is 11.0. The molecule has 0 radical (unpaired) electrons. The highest BCUT2D eigenvalue weighted by atomic mass is 35.5. The van der Waals surface area contributed by atoms with Crippen molar-refractivity contribution in [3.05, 3.63) is 46.6 Å². The standard InChI is InChI=1S/C17H21ClN4O/c1-11(2)9-10-19-16-8-7-15(21-22-16)17(23)20-14-6-4-5-13(18)12(14)3/h4-8,11H,9-10H2,1-3H3,(H,19,22)(H,20,23). The topological polar surface area (TPSA) is 66.9 Å². The van der Waals surface area contributed by atoms with E-state index in [0.29, 0.717) is 22.4 Å². The number of rotatable bonds is 6. The predicted molar refractivity (Wildman–Crippen MR) is 94.1 cm³/mol. The van der Waals surface area contributed by atoms with Crippen molar-refractivity contribution < 1.29 is 4.79 Å². The van der Waals surface area contributed by atoms with Crippen LogP contribution in [0.5, 0.6) is 0 Å². The third kappa shape index (κ3) is 4.93. The van der Waals surface area contributed by atoms with Crippen molar-refractivity contribution in [2.45, 2.75) is 27.2 Å². The van der Waals surface area contributed by atoms with E-state index in [2.05, 4.69) is 34.7 Å². The van der Waals surface area contributed by atoms with Crippen LogP contribution >= 0.6 is 11.6 Å². The van der Waals surface area contributed by atoms with Crippen LogP contribution in [0.1, 0.15) is 36.3 Å². The van der Waals surface area contributed by atoms with Crippen molar-refractivity contribution in [2.75, 3.05) is 17.2 Å². The van der Waals surface area contributed by atoms with E-state index in [1.165, 1.54) is 0 Å². The van der Waals surface area contributed by atoms with Gasteiger partial charge in [0, 0.05) is 17.3 Å². The zero-order valence-corrected chi connectivity index (χ0v) is 14.3. The smallest absolute Gasteiger partial charge is 0.276 e. The Morgan fingerprint density at radius 1 is 1.22 bits per heavy atom. The second-order valence-corrected chi connectivity index (χ2v) is 6.19. The largest absolute Gasteiger partial charge is 0.369 e. The molecule has 0 fully saturated rings. The maximum atomic E-state index is 12.2. The fraction of sp³-hybridized carbons (Fsp3) is 0.353. The van der Waals surface area contributed by atoms with Gasteiger partial charge in [0.1, 0.15) is 5.82 Å². The minimum Gasteiger partial charge on any atom is -0.369 e. The second-order valence-electron chi connectivity index (χ2n) is 5.78. The highest BCUT2D eigenvalue weighted by Gasteiger charge is 2.11. The van der Waals surface area contributed by atoms with Crippen molar-refractivity contribution in [2.24, 2.45) is 5.92 Å². The van der Waals surface area contributed by atoms with Crippen LogP contribution in [0.25, 0.3) is 0 Å². The van der Waals surface area contributed by atoms with Crippen molar-refractivity contribution in [3.8, 4) is 0 Å². The van der Waals surface area contributed by atoms with Crippen molar-refractivity contribution in [3.63, 3.8) is 0 Å². The lowest BCUT2D eigenvalue weighted by atomic mass is 10.1. The SMILES string of the molecule is Cc1c(Cl)cccc1NC(=O)c1ccc(NCCC(C)C)nn1. The predicted octanol–water partition coefficient (Wildman–Crippen LogP) is 4.15. The summed E-state index contributed by atoms with van der Waals surface area (Å²) in [6.45, 7) is 7.02. The molecule has 122 valence electrons. The van der Waals surface area contributed by atoms with E-state index < -0.39 is 0 Å². The van der Waals surface area contributed by atoms with E-state index in [0.717, 1.165) is 18.5 Å². The normalized spacial score (nSPS) is 10.7. The molecule has 0 unspecified atom stereocenters. The molecule has 0 atom stereocenters. The molecule has 0 aliphatic carbocycles. The third-order valence-electron chi connectivity index (χ3n) is 3.44. The molecule has 1 amide bonds. The Hall–Kier alpha value is -2.14. The van der Waals surface area contributed by atoms with Gasteiger partial charge in [-0.1, -0.05) is 31.5 Å². The van der Waals surface area contributed by atoms with E-state index in [1.807, 2.05) is 6.92 Å². The van der Waals surface area contributed by atoms with Gasteiger partial charge in [-0.15, -0.1) is 10.2 Å².